The lowest BCUT2D eigenvalue weighted by atomic mass is 9.90. The fourth-order valence-electron chi connectivity index (χ4n) is 2.87. The number of carboxylic acids is 1. The first-order valence-corrected chi connectivity index (χ1v) is 8.19. The number of amides is 2. The maximum Gasteiger partial charge on any atom is 0.329 e. The Morgan fingerprint density at radius 1 is 1.42 bits per heavy atom. The molecule has 1 aromatic rings. The third kappa shape index (κ3) is 4.25. The monoisotopic (exact) mass is 338 g/mol. The van der Waals surface area contributed by atoms with Crippen molar-refractivity contribution in [3.05, 3.63) is 17.5 Å². The summed E-state index contributed by atoms with van der Waals surface area (Å²) in [5, 5.41) is 16.5. The molecule has 2 rings (SSSR count). The van der Waals surface area contributed by atoms with Gasteiger partial charge in [-0.25, -0.2) is 9.59 Å². The molecular weight excluding hydrogens is 312 g/mol. The smallest absolute Gasteiger partial charge is 0.329 e. The Hall–Kier alpha value is -2.09. The van der Waals surface area contributed by atoms with Crippen molar-refractivity contribution < 1.29 is 19.4 Å². The van der Waals surface area contributed by atoms with Crippen molar-refractivity contribution in [3.8, 4) is 0 Å². The Morgan fingerprint density at radius 3 is 2.62 bits per heavy atom. The SMILES string of the molecule is Cc1cc(C)n(CCCN(C)C(=O)NC2(C(=O)O)CCOCC2)n1. The van der Waals surface area contributed by atoms with Crippen LogP contribution in [0.4, 0.5) is 4.79 Å². The summed E-state index contributed by atoms with van der Waals surface area (Å²) in [4.78, 5) is 25.4. The third-order valence-corrected chi connectivity index (χ3v) is 4.42. The second kappa shape index (κ2) is 7.65. The van der Waals surface area contributed by atoms with E-state index in [0.717, 1.165) is 24.4 Å². The highest BCUT2D eigenvalue weighted by Gasteiger charge is 2.42. The molecule has 1 aliphatic rings. The lowest BCUT2D eigenvalue weighted by Crippen LogP contribution is -2.59. The van der Waals surface area contributed by atoms with Crippen molar-refractivity contribution in [2.24, 2.45) is 0 Å². The van der Waals surface area contributed by atoms with Crippen molar-refractivity contribution in [2.45, 2.75) is 45.2 Å². The number of ether oxygens (including phenoxy) is 1. The topological polar surface area (TPSA) is 96.7 Å². The highest BCUT2D eigenvalue weighted by atomic mass is 16.5. The molecule has 1 saturated heterocycles. The zero-order valence-corrected chi connectivity index (χ0v) is 14.5. The fourth-order valence-corrected chi connectivity index (χ4v) is 2.87. The largest absolute Gasteiger partial charge is 0.480 e. The van der Waals surface area contributed by atoms with Gasteiger partial charge in [0, 0.05) is 51.9 Å². The number of carbonyl (C=O) groups excluding carboxylic acids is 1. The number of aryl methyl sites for hydroxylation is 3. The Bertz CT molecular complexity index is 593. The molecule has 8 heteroatoms. The summed E-state index contributed by atoms with van der Waals surface area (Å²) in [7, 11) is 1.67. The van der Waals surface area contributed by atoms with Crippen LogP contribution in [0.5, 0.6) is 0 Å². The maximum absolute atomic E-state index is 12.3. The molecule has 1 aromatic heterocycles. The predicted molar refractivity (Wildman–Crippen MR) is 87.9 cm³/mol. The van der Waals surface area contributed by atoms with Crippen molar-refractivity contribution in [3.63, 3.8) is 0 Å². The van der Waals surface area contributed by atoms with E-state index < -0.39 is 11.5 Å². The first-order valence-electron chi connectivity index (χ1n) is 8.19. The number of aromatic nitrogens is 2. The van der Waals surface area contributed by atoms with Crippen molar-refractivity contribution >= 4 is 12.0 Å². The molecule has 0 aliphatic carbocycles. The van der Waals surface area contributed by atoms with E-state index in [2.05, 4.69) is 10.4 Å². The van der Waals surface area contributed by atoms with Crippen LogP contribution in [0.25, 0.3) is 0 Å². The normalized spacial score (nSPS) is 16.6. The maximum atomic E-state index is 12.3. The van der Waals surface area contributed by atoms with Crippen LogP contribution in [0.2, 0.25) is 0 Å². The number of nitrogens with one attached hydrogen (secondary N) is 1. The van der Waals surface area contributed by atoms with Crippen LogP contribution < -0.4 is 5.32 Å². The summed E-state index contributed by atoms with van der Waals surface area (Å²) in [6, 6.07) is 1.64. The van der Waals surface area contributed by atoms with E-state index in [9.17, 15) is 14.7 Å². The van der Waals surface area contributed by atoms with E-state index >= 15 is 0 Å². The van der Waals surface area contributed by atoms with Crippen molar-refractivity contribution in [1.82, 2.24) is 20.0 Å². The summed E-state index contributed by atoms with van der Waals surface area (Å²) in [5.41, 5.74) is 0.840. The molecule has 2 amide bonds. The van der Waals surface area contributed by atoms with Crippen LogP contribution in [0.1, 0.15) is 30.7 Å². The van der Waals surface area contributed by atoms with Crippen molar-refractivity contribution in [2.75, 3.05) is 26.8 Å². The van der Waals surface area contributed by atoms with Gasteiger partial charge in [-0.15, -0.1) is 0 Å². The molecular formula is C16H26N4O4. The lowest BCUT2D eigenvalue weighted by Gasteiger charge is -2.35. The highest BCUT2D eigenvalue weighted by Crippen LogP contribution is 2.21. The van der Waals surface area contributed by atoms with Gasteiger partial charge >= 0.3 is 12.0 Å². The van der Waals surface area contributed by atoms with Gasteiger partial charge in [0.2, 0.25) is 0 Å². The molecule has 0 radical (unpaired) electrons. The van der Waals surface area contributed by atoms with Crippen LogP contribution in [0.15, 0.2) is 6.07 Å². The minimum Gasteiger partial charge on any atom is -0.480 e. The summed E-state index contributed by atoms with van der Waals surface area (Å²) in [5.74, 6) is -1.00. The highest BCUT2D eigenvalue weighted by molar-refractivity contribution is 5.86. The van der Waals surface area contributed by atoms with Crippen LogP contribution in [-0.2, 0) is 16.1 Å². The van der Waals surface area contributed by atoms with E-state index in [1.165, 1.54) is 4.90 Å². The number of nitrogens with zero attached hydrogens (tertiary/aromatic N) is 3. The third-order valence-electron chi connectivity index (χ3n) is 4.42. The van der Waals surface area contributed by atoms with Crippen LogP contribution in [-0.4, -0.2) is 64.1 Å². The first kappa shape index (κ1) is 18.3. The van der Waals surface area contributed by atoms with Crippen LogP contribution >= 0.6 is 0 Å². The fraction of sp³-hybridized carbons (Fsp3) is 0.688. The second-order valence-corrected chi connectivity index (χ2v) is 6.36. The number of hydrogen-bond donors (Lipinski definition) is 2. The number of carboxylic acid groups (broad SMARTS) is 1. The first-order chi connectivity index (χ1) is 11.3. The summed E-state index contributed by atoms with van der Waals surface area (Å²) in [6.07, 6.45) is 1.32. The molecule has 0 unspecified atom stereocenters. The van der Waals surface area contributed by atoms with Gasteiger partial charge in [-0.1, -0.05) is 0 Å². The van der Waals surface area contributed by atoms with Gasteiger partial charge < -0.3 is 20.1 Å². The van der Waals surface area contributed by atoms with E-state index in [0.29, 0.717) is 19.8 Å². The number of urea groups is 1. The zero-order chi connectivity index (χ0) is 17.7. The summed E-state index contributed by atoms with van der Waals surface area (Å²) >= 11 is 0. The molecule has 0 atom stereocenters. The molecule has 0 saturated carbocycles. The van der Waals surface area contributed by atoms with Gasteiger partial charge in [-0.05, 0) is 26.3 Å². The van der Waals surface area contributed by atoms with Gasteiger partial charge in [0.05, 0.1) is 5.69 Å². The Balaban J connectivity index is 1.85. The van der Waals surface area contributed by atoms with Gasteiger partial charge in [-0.3, -0.25) is 4.68 Å². The molecule has 0 spiro atoms. The number of aliphatic carboxylic acids is 1. The van der Waals surface area contributed by atoms with E-state index in [4.69, 9.17) is 4.74 Å². The lowest BCUT2D eigenvalue weighted by molar-refractivity contribution is -0.148. The average molecular weight is 338 g/mol. The predicted octanol–water partition coefficient (Wildman–Crippen LogP) is 1.17. The van der Waals surface area contributed by atoms with Gasteiger partial charge in [-0.2, -0.15) is 5.10 Å². The average Bonchev–Trinajstić information content (AvgIpc) is 2.85. The molecule has 0 aromatic carbocycles. The Morgan fingerprint density at radius 2 is 2.08 bits per heavy atom. The van der Waals surface area contributed by atoms with Gasteiger partial charge in [0.1, 0.15) is 5.54 Å². The van der Waals surface area contributed by atoms with E-state index in [1.54, 1.807) is 7.05 Å². The van der Waals surface area contributed by atoms with Gasteiger partial charge in [0.15, 0.2) is 0 Å². The molecule has 2 heterocycles. The van der Waals surface area contributed by atoms with E-state index in [1.807, 2.05) is 24.6 Å². The number of rotatable bonds is 6. The van der Waals surface area contributed by atoms with Crippen molar-refractivity contribution in [1.29, 1.82) is 0 Å². The molecule has 0 bridgehead atoms. The van der Waals surface area contributed by atoms with Gasteiger partial charge in [0.25, 0.3) is 0 Å². The molecule has 24 heavy (non-hydrogen) atoms. The molecule has 1 fully saturated rings. The molecule has 1 aliphatic heterocycles. The molecule has 8 nitrogen and oxygen atoms in total. The second-order valence-electron chi connectivity index (χ2n) is 6.36. The molecule has 2 N–H and O–H groups in total. The van der Waals surface area contributed by atoms with E-state index in [-0.39, 0.29) is 18.9 Å². The Kier molecular flexibility index (Phi) is 5.82. The Labute approximate surface area is 141 Å². The number of carbonyl (C=O) groups is 2. The minimum atomic E-state index is -1.22. The minimum absolute atomic E-state index is 0.285. The van der Waals surface area contributed by atoms with Crippen LogP contribution in [0.3, 0.4) is 0 Å². The summed E-state index contributed by atoms with van der Waals surface area (Å²) in [6.45, 7) is 5.87. The number of hydrogen-bond acceptors (Lipinski definition) is 4. The summed E-state index contributed by atoms with van der Waals surface area (Å²) < 4.78 is 7.12. The molecule has 134 valence electrons. The quantitative estimate of drug-likeness (QED) is 0.811. The standard InChI is InChI=1S/C16H26N4O4/c1-12-11-13(2)20(18-12)8-4-7-19(3)15(23)17-16(14(21)22)5-9-24-10-6-16/h11H,4-10H2,1-3H3,(H,17,23)(H,21,22). The zero-order valence-electron chi connectivity index (χ0n) is 14.5. The van der Waals surface area contributed by atoms with Crippen LogP contribution in [0, 0.1) is 13.8 Å².